The molecule has 2 unspecified atom stereocenters. The molecule has 0 aliphatic heterocycles. The zero-order chi connectivity index (χ0) is 15.9. The maximum absolute atomic E-state index is 12.4. The van der Waals surface area contributed by atoms with Crippen molar-refractivity contribution in [1.29, 1.82) is 0 Å². The minimum atomic E-state index is -1.04. The lowest BCUT2D eigenvalue weighted by Gasteiger charge is -2.31. The second-order valence-corrected chi connectivity index (χ2v) is 5.74. The van der Waals surface area contributed by atoms with Gasteiger partial charge in [0.2, 0.25) is 0 Å². The molecule has 0 saturated heterocycles. The summed E-state index contributed by atoms with van der Waals surface area (Å²) in [4.78, 5) is 22.9. The average molecular weight is 305 g/mol. The van der Waals surface area contributed by atoms with E-state index >= 15 is 0 Å². The molecule has 1 aromatic rings. The lowest BCUT2D eigenvalue weighted by atomic mass is 9.83. The van der Waals surface area contributed by atoms with E-state index in [1.54, 1.807) is 24.3 Å². The number of nitrogens with one attached hydrogen (secondary N) is 1. The fourth-order valence-electron chi connectivity index (χ4n) is 3.01. The van der Waals surface area contributed by atoms with Crippen LogP contribution in [0.1, 0.15) is 49.4 Å². The fourth-order valence-corrected chi connectivity index (χ4v) is 3.01. The van der Waals surface area contributed by atoms with Crippen molar-refractivity contribution in [2.45, 2.75) is 45.1 Å². The van der Waals surface area contributed by atoms with Gasteiger partial charge in [0.05, 0.1) is 0 Å². The van der Waals surface area contributed by atoms with E-state index in [2.05, 4.69) is 12.2 Å². The number of benzene rings is 1. The summed E-state index contributed by atoms with van der Waals surface area (Å²) in [5, 5.41) is 11.7. The molecule has 5 heteroatoms. The van der Waals surface area contributed by atoms with E-state index in [1.165, 1.54) is 12.8 Å². The van der Waals surface area contributed by atoms with Crippen LogP contribution < -0.4 is 10.1 Å². The number of hydrogen-bond donors (Lipinski definition) is 2. The van der Waals surface area contributed by atoms with Crippen molar-refractivity contribution in [2.75, 3.05) is 6.61 Å². The number of carbonyl (C=O) groups is 2. The first kappa shape index (κ1) is 16.3. The van der Waals surface area contributed by atoms with E-state index < -0.39 is 12.6 Å². The summed E-state index contributed by atoms with van der Waals surface area (Å²) in [6.45, 7) is 1.75. The fraction of sp³-hybridized carbons (Fsp3) is 0.529. The van der Waals surface area contributed by atoms with Gasteiger partial charge in [-0.05, 0) is 37.0 Å². The highest BCUT2D eigenvalue weighted by molar-refractivity contribution is 5.94. The Hall–Kier alpha value is -2.04. The molecule has 0 radical (unpaired) electrons. The summed E-state index contributed by atoms with van der Waals surface area (Å²) in [5.41, 5.74) is 0.503. The van der Waals surface area contributed by atoms with E-state index in [9.17, 15) is 9.59 Å². The minimum Gasteiger partial charge on any atom is -0.482 e. The number of carboxylic acid groups (broad SMARTS) is 1. The zero-order valence-corrected chi connectivity index (χ0v) is 12.9. The van der Waals surface area contributed by atoms with Gasteiger partial charge in [-0.15, -0.1) is 0 Å². The number of carbonyl (C=O) groups excluding carboxylic acids is 1. The molecule has 120 valence electrons. The molecule has 1 aromatic carbocycles. The molecular weight excluding hydrogens is 282 g/mol. The van der Waals surface area contributed by atoms with Crippen molar-refractivity contribution in [2.24, 2.45) is 5.92 Å². The van der Waals surface area contributed by atoms with Crippen LogP contribution in [-0.2, 0) is 4.79 Å². The number of hydrogen-bond acceptors (Lipinski definition) is 3. The monoisotopic (exact) mass is 305 g/mol. The van der Waals surface area contributed by atoms with Crippen molar-refractivity contribution >= 4 is 11.9 Å². The Morgan fingerprint density at radius 2 is 2.09 bits per heavy atom. The topological polar surface area (TPSA) is 75.6 Å². The van der Waals surface area contributed by atoms with E-state index in [1.807, 2.05) is 0 Å². The van der Waals surface area contributed by atoms with Crippen LogP contribution in [0.2, 0.25) is 0 Å². The Morgan fingerprint density at radius 3 is 2.82 bits per heavy atom. The van der Waals surface area contributed by atoms with Crippen LogP contribution in [-0.4, -0.2) is 29.6 Å². The predicted molar refractivity (Wildman–Crippen MR) is 83.1 cm³/mol. The SMILES string of the molecule is CCC1CCCCC1NC(=O)c1cccc(OCC(=O)O)c1. The quantitative estimate of drug-likeness (QED) is 0.847. The number of amides is 1. The number of aliphatic carboxylic acids is 1. The maximum atomic E-state index is 12.4. The summed E-state index contributed by atoms with van der Waals surface area (Å²) < 4.78 is 5.11. The van der Waals surface area contributed by atoms with Crippen molar-refractivity contribution < 1.29 is 19.4 Å². The first-order valence-electron chi connectivity index (χ1n) is 7.85. The maximum Gasteiger partial charge on any atom is 0.341 e. The van der Waals surface area contributed by atoms with Crippen LogP contribution in [0.25, 0.3) is 0 Å². The molecule has 1 aliphatic carbocycles. The molecule has 1 saturated carbocycles. The van der Waals surface area contributed by atoms with Crippen molar-refractivity contribution in [1.82, 2.24) is 5.32 Å². The summed E-state index contributed by atoms with van der Waals surface area (Å²) in [6, 6.07) is 6.88. The van der Waals surface area contributed by atoms with Crippen LogP contribution in [0.3, 0.4) is 0 Å². The zero-order valence-electron chi connectivity index (χ0n) is 12.9. The first-order valence-corrected chi connectivity index (χ1v) is 7.85. The highest BCUT2D eigenvalue weighted by atomic mass is 16.5. The van der Waals surface area contributed by atoms with E-state index in [-0.39, 0.29) is 11.9 Å². The highest BCUT2D eigenvalue weighted by Crippen LogP contribution is 2.27. The predicted octanol–water partition coefficient (Wildman–Crippen LogP) is 2.85. The lowest BCUT2D eigenvalue weighted by molar-refractivity contribution is -0.139. The van der Waals surface area contributed by atoms with Crippen molar-refractivity contribution in [3.05, 3.63) is 29.8 Å². The van der Waals surface area contributed by atoms with Gasteiger partial charge in [-0.25, -0.2) is 4.79 Å². The molecule has 0 spiro atoms. The van der Waals surface area contributed by atoms with Gasteiger partial charge < -0.3 is 15.2 Å². The van der Waals surface area contributed by atoms with E-state index in [4.69, 9.17) is 9.84 Å². The molecule has 0 heterocycles. The largest absolute Gasteiger partial charge is 0.482 e. The van der Waals surface area contributed by atoms with Crippen molar-refractivity contribution in [3.63, 3.8) is 0 Å². The Balaban J connectivity index is 1.99. The molecule has 1 aliphatic rings. The van der Waals surface area contributed by atoms with E-state index in [0.29, 0.717) is 17.2 Å². The minimum absolute atomic E-state index is 0.119. The van der Waals surface area contributed by atoms with Gasteiger partial charge in [-0.3, -0.25) is 4.79 Å². The van der Waals surface area contributed by atoms with Crippen LogP contribution >= 0.6 is 0 Å². The first-order chi connectivity index (χ1) is 10.6. The summed E-state index contributed by atoms with van der Waals surface area (Å²) >= 11 is 0. The molecule has 5 nitrogen and oxygen atoms in total. The third-order valence-electron chi connectivity index (χ3n) is 4.21. The van der Waals surface area contributed by atoms with Crippen LogP contribution in [0.15, 0.2) is 24.3 Å². The molecule has 22 heavy (non-hydrogen) atoms. The average Bonchev–Trinajstić information content (AvgIpc) is 2.53. The van der Waals surface area contributed by atoms with Crippen LogP contribution in [0, 0.1) is 5.92 Å². The molecule has 2 atom stereocenters. The lowest BCUT2D eigenvalue weighted by Crippen LogP contribution is -2.41. The van der Waals surface area contributed by atoms with Gasteiger partial charge in [-0.1, -0.05) is 32.3 Å². The van der Waals surface area contributed by atoms with Gasteiger partial charge in [0.1, 0.15) is 5.75 Å². The number of rotatable bonds is 6. The number of carboxylic acids is 1. The second kappa shape index (κ2) is 7.82. The van der Waals surface area contributed by atoms with Gasteiger partial charge in [0.15, 0.2) is 6.61 Å². The van der Waals surface area contributed by atoms with Crippen molar-refractivity contribution in [3.8, 4) is 5.75 Å². The smallest absolute Gasteiger partial charge is 0.341 e. The third-order valence-corrected chi connectivity index (χ3v) is 4.21. The van der Waals surface area contributed by atoms with Gasteiger partial charge in [-0.2, -0.15) is 0 Å². The molecule has 2 N–H and O–H groups in total. The summed E-state index contributed by atoms with van der Waals surface area (Å²) in [5.74, 6) is -0.219. The third kappa shape index (κ3) is 4.48. The molecule has 1 amide bonds. The molecule has 2 rings (SSSR count). The van der Waals surface area contributed by atoms with Gasteiger partial charge in [0.25, 0.3) is 5.91 Å². The Labute approximate surface area is 130 Å². The number of ether oxygens (including phenoxy) is 1. The molecule has 0 bridgehead atoms. The molecule has 0 aromatic heterocycles. The van der Waals surface area contributed by atoms with Gasteiger partial charge >= 0.3 is 5.97 Å². The Bertz CT molecular complexity index is 529. The highest BCUT2D eigenvalue weighted by Gasteiger charge is 2.25. The van der Waals surface area contributed by atoms with Crippen LogP contribution in [0.4, 0.5) is 0 Å². The normalized spacial score (nSPS) is 21.1. The summed E-state index contributed by atoms with van der Waals surface area (Å²) in [7, 11) is 0. The Morgan fingerprint density at radius 1 is 1.32 bits per heavy atom. The standard InChI is InChI=1S/C17H23NO4/c1-2-12-6-3-4-9-15(12)18-17(21)13-7-5-8-14(10-13)22-11-16(19)20/h5,7-8,10,12,15H,2-4,6,9,11H2,1H3,(H,18,21)(H,19,20). The second-order valence-electron chi connectivity index (χ2n) is 5.74. The molecule has 1 fully saturated rings. The Kier molecular flexibility index (Phi) is 5.81. The van der Waals surface area contributed by atoms with Crippen LogP contribution in [0.5, 0.6) is 5.75 Å². The summed E-state index contributed by atoms with van der Waals surface area (Å²) in [6.07, 6.45) is 5.67. The van der Waals surface area contributed by atoms with Gasteiger partial charge in [0, 0.05) is 11.6 Å². The van der Waals surface area contributed by atoms with E-state index in [0.717, 1.165) is 19.3 Å². The molecular formula is C17H23NO4.